The summed E-state index contributed by atoms with van der Waals surface area (Å²) in [5.74, 6) is 1.96. The molecule has 0 saturated heterocycles. The number of aromatic nitrogens is 3. The van der Waals surface area contributed by atoms with Crippen LogP contribution in [-0.2, 0) is 0 Å². The van der Waals surface area contributed by atoms with Crippen molar-refractivity contribution in [2.24, 2.45) is 0 Å². The first-order valence-corrected chi connectivity index (χ1v) is 17.2. The van der Waals surface area contributed by atoms with Gasteiger partial charge in [-0.2, -0.15) is 0 Å². The molecule has 10 aromatic rings. The SMILES string of the molecule is c1ccc2cc(-c3nc(-c4ccc5ccccc5c4)nc(-c4ccc5cccc(-c6ccc7c(c6)sc6ccccc67)c5c4)n3)ccc2c1. The number of fused-ring (bicyclic) bond motifs is 6. The van der Waals surface area contributed by atoms with Crippen LogP contribution in [0.2, 0.25) is 0 Å². The van der Waals surface area contributed by atoms with Crippen molar-refractivity contribution in [1.82, 2.24) is 15.0 Å². The molecule has 0 atom stereocenters. The van der Waals surface area contributed by atoms with Crippen LogP contribution in [0.3, 0.4) is 0 Å². The Bertz CT molecular complexity index is 2810. The van der Waals surface area contributed by atoms with E-state index < -0.39 is 0 Å². The van der Waals surface area contributed by atoms with Crippen molar-refractivity contribution < 1.29 is 0 Å². The van der Waals surface area contributed by atoms with Gasteiger partial charge in [0.05, 0.1) is 0 Å². The summed E-state index contributed by atoms with van der Waals surface area (Å²) < 4.78 is 2.61. The average molecular weight is 642 g/mol. The summed E-state index contributed by atoms with van der Waals surface area (Å²) in [6, 6.07) is 58.2. The summed E-state index contributed by atoms with van der Waals surface area (Å²) in [6.45, 7) is 0. The van der Waals surface area contributed by atoms with Crippen LogP contribution < -0.4 is 0 Å². The fourth-order valence-electron chi connectivity index (χ4n) is 6.98. The van der Waals surface area contributed by atoms with E-state index in [1.165, 1.54) is 52.8 Å². The lowest BCUT2D eigenvalue weighted by molar-refractivity contribution is 1.08. The third-order valence-electron chi connectivity index (χ3n) is 9.48. The molecule has 4 heteroatoms. The summed E-state index contributed by atoms with van der Waals surface area (Å²) in [4.78, 5) is 15.3. The van der Waals surface area contributed by atoms with Crippen molar-refractivity contribution in [2.75, 3.05) is 0 Å². The van der Waals surface area contributed by atoms with Crippen molar-refractivity contribution in [3.63, 3.8) is 0 Å². The Kier molecular flexibility index (Phi) is 6.36. The fourth-order valence-corrected chi connectivity index (χ4v) is 8.12. The lowest BCUT2D eigenvalue weighted by Gasteiger charge is -2.12. The number of rotatable bonds is 4. The third-order valence-corrected chi connectivity index (χ3v) is 10.6. The van der Waals surface area contributed by atoms with Crippen LogP contribution in [0.4, 0.5) is 0 Å². The highest BCUT2D eigenvalue weighted by Gasteiger charge is 2.15. The van der Waals surface area contributed by atoms with E-state index in [0.717, 1.165) is 27.5 Å². The minimum atomic E-state index is 0.651. The van der Waals surface area contributed by atoms with Crippen molar-refractivity contribution in [1.29, 1.82) is 0 Å². The standard InChI is InChI=1S/C45H27N3S/c1-3-10-31-24-34(19-16-28(31)8-1)43-46-44(35-20-17-29-9-2-4-11-32(29)25-35)48-45(47-43)36-21-18-30-12-7-14-37(40(30)26-36)33-22-23-39-38-13-5-6-15-41(38)49-42(39)27-33/h1-27H. The molecule has 228 valence electrons. The maximum Gasteiger partial charge on any atom is 0.164 e. The molecular formula is C45H27N3S. The van der Waals surface area contributed by atoms with Crippen LogP contribution in [0.15, 0.2) is 164 Å². The van der Waals surface area contributed by atoms with E-state index in [0.29, 0.717) is 17.5 Å². The molecule has 2 heterocycles. The highest BCUT2D eigenvalue weighted by Crippen LogP contribution is 2.39. The fraction of sp³-hybridized carbons (Fsp3) is 0. The molecule has 0 amide bonds. The van der Waals surface area contributed by atoms with E-state index in [1.807, 2.05) is 11.3 Å². The topological polar surface area (TPSA) is 38.7 Å². The third kappa shape index (κ3) is 4.85. The maximum absolute atomic E-state index is 5.12. The molecule has 0 aliphatic rings. The molecule has 0 aliphatic heterocycles. The van der Waals surface area contributed by atoms with Gasteiger partial charge in [0.2, 0.25) is 0 Å². The molecule has 0 spiro atoms. The summed E-state index contributed by atoms with van der Waals surface area (Å²) in [5.41, 5.74) is 5.27. The predicted octanol–water partition coefficient (Wildman–Crippen LogP) is 12.4. The van der Waals surface area contributed by atoms with Gasteiger partial charge in [0.25, 0.3) is 0 Å². The summed E-state index contributed by atoms with van der Waals surface area (Å²) in [5, 5.41) is 9.64. The minimum absolute atomic E-state index is 0.651. The highest BCUT2D eigenvalue weighted by atomic mass is 32.1. The zero-order chi connectivity index (χ0) is 32.3. The first-order chi connectivity index (χ1) is 24.2. The van der Waals surface area contributed by atoms with Crippen molar-refractivity contribution in [2.45, 2.75) is 0 Å². The molecule has 0 radical (unpaired) electrons. The van der Waals surface area contributed by atoms with Gasteiger partial charge in [0.15, 0.2) is 17.5 Å². The molecule has 3 nitrogen and oxygen atoms in total. The Morgan fingerprint density at radius 1 is 0.306 bits per heavy atom. The average Bonchev–Trinajstić information content (AvgIpc) is 3.55. The molecule has 0 aliphatic carbocycles. The van der Waals surface area contributed by atoms with Gasteiger partial charge < -0.3 is 0 Å². The second-order valence-electron chi connectivity index (χ2n) is 12.5. The van der Waals surface area contributed by atoms with Gasteiger partial charge >= 0.3 is 0 Å². The van der Waals surface area contributed by atoms with Gasteiger partial charge in [-0.25, -0.2) is 15.0 Å². The van der Waals surface area contributed by atoms with Gasteiger partial charge in [-0.1, -0.05) is 133 Å². The predicted molar refractivity (Wildman–Crippen MR) is 207 cm³/mol. The van der Waals surface area contributed by atoms with E-state index in [-0.39, 0.29) is 0 Å². The van der Waals surface area contributed by atoms with Gasteiger partial charge in [-0.3, -0.25) is 0 Å². The van der Waals surface area contributed by atoms with E-state index in [2.05, 4.69) is 164 Å². The minimum Gasteiger partial charge on any atom is -0.208 e. The Labute approximate surface area is 286 Å². The molecule has 0 N–H and O–H groups in total. The lowest BCUT2D eigenvalue weighted by atomic mass is 9.96. The van der Waals surface area contributed by atoms with Gasteiger partial charge in [-0.05, 0) is 73.8 Å². The van der Waals surface area contributed by atoms with Crippen LogP contribution in [0.25, 0.3) is 97.8 Å². The molecule has 49 heavy (non-hydrogen) atoms. The molecule has 10 rings (SSSR count). The smallest absolute Gasteiger partial charge is 0.164 e. The molecule has 0 fully saturated rings. The highest BCUT2D eigenvalue weighted by molar-refractivity contribution is 7.25. The summed E-state index contributed by atoms with van der Waals surface area (Å²) in [6.07, 6.45) is 0. The van der Waals surface area contributed by atoms with Crippen molar-refractivity contribution in [3.8, 4) is 45.3 Å². The van der Waals surface area contributed by atoms with Crippen LogP contribution >= 0.6 is 11.3 Å². The molecule has 8 aromatic carbocycles. The van der Waals surface area contributed by atoms with E-state index in [4.69, 9.17) is 15.0 Å². The number of hydrogen-bond donors (Lipinski definition) is 0. The summed E-state index contributed by atoms with van der Waals surface area (Å²) in [7, 11) is 0. The second kappa shape index (κ2) is 11.2. The van der Waals surface area contributed by atoms with Crippen LogP contribution in [-0.4, -0.2) is 15.0 Å². The summed E-state index contributed by atoms with van der Waals surface area (Å²) >= 11 is 1.85. The van der Waals surface area contributed by atoms with Crippen LogP contribution in [0, 0.1) is 0 Å². The van der Waals surface area contributed by atoms with Crippen LogP contribution in [0.1, 0.15) is 0 Å². The second-order valence-corrected chi connectivity index (χ2v) is 13.6. The normalized spacial score (nSPS) is 11.7. The largest absolute Gasteiger partial charge is 0.208 e. The van der Waals surface area contributed by atoms with E-state index >= 15 is 0 Å². The van der Waals surface area contributed by atoms with Gasteiger partial charge in [0.1, 0.15) is 0 Å². The Hall–Kier alpha value is -6.23. The molecule has 2 aromatic heterocycles. The number of benzene rings is 8. The van der Waals surface area contributed by atoms with E-state index in [9.17, 15) is 0 Å². The monoisotopic (exact) mass is 641 g/mol. The van der Waals surface area contributed by atoms with Gasteiger partial charge in [0, 0.05) is 36.9 Å². The molecule has 0 saturated carbocycles. The maximum atomic E-state index is 5.12. The first-order valence-electron chi connectivity index (χ1n) is 16.4. The van der Waals surface area contributed by atoms with Crippen molar-refractivity contribution in [3.05, 3.63) is 164 Å². The Morgan fingerprint density at radius 2 is 0.816 bits per heavy atom. The zero-order valence-corrected chi connectivity index (χ0v) is 27.2. The Balaban J connectivity index is 1.15. The number of hydrogen-bond acceptors (Lipinski definition) is 4. The number of nitrogens with zero attached hydrogens (tertiary/aromatic N) is 3. The van der Waals surface area contributed by atoms with Crippen LogP contribution in [0.5, 0.6) is 0 Å². The molecule has 0 bridgehead atoms. The Morgan fingerprint density at radius 3 is 1.49 bits per heavy atom. The van der Waals surface area contributed by atoms with Crippen molar-refractivity contribution >= 4 is 63.8 Å². The van der Waals surface area contributed by atoms with Gasteiger partial charge in [-0.15, -0.1) is 11.3 Å². The molecule has 0 unspecified atom stereocenters. The number of thiophene rings is 1. The first kappa shape index (κ1) is 27.8. The van der Waals surface area contributed by atoms with E-state index in [1.54, 1.807) is 0 Å². The zero-order valence-electron chi connectivity index (χ0n) is 26.3. The lowest BCUT2D eigenvalue weighted by Crippen LogP contribution is -2.00. The molecular weight excluding hydrogens is 615 g/mol. The quantitative estimate of drug-likeness (QED) is 0.192.